The van der Waals surface area contributed by atoms with Crippen LogP contribution in [0.15, 0.2) is 42.7 Å². The highest BCUT2D eigenvalue weighted by Crippen LogP contribution is 2.32. The highest BCUT2D eigenvalue weighted by atomic mass is 16.5. The minimum absolute atomic E-state index is 0.0994. The van der Waals surface area contributed by atoms with Crippen LogP contribution in [0, 0.1) is 0 Å². The number of aromatic nitrogens is 2. The molecule has 2 aromatic rings. The first-order valence-electron chi connectivity index (χ1n) is 5.95. The average Bonchev–Trinajstić information content (AvgIpc) is 2.40. The second-order valence-corrected chi connectivity index (χ2v) is 4.23. The van der Waals surface area contributed by atoms with E-state index in [2.05, 4.69) is 34.2 Å². The van der Waals surface area contributed by atoms with Gasteiger partial charge < -0.3 is 4.74 Å². The molecule has 1 atom stereocenters. The fraction of sp³-hybridized carbons (Fsp3) is 0.286. The molecule has 3 nitrogen and oxygen atoms in total. The fourth-order valence-electron chi connectivity index (χ4n) is 2.31. The van der Waals surface area contributed by atoms with Gasteiger partial charge in [-0.25, -0.2) is 9.97 Å². The van der Waals surface area contributed by atoms with Gasteiger partial charge in [-0.05, 0) is 36.5 Å². The van der Waals surface area contributed by atoms with E-state index < -0.39 is 0 Å². The molecule has 0 radical (unpaired) electrons. The zero-order valence-electron chi connectivity index (χ0n) is 9.54. The van der Waals surface area contributed by atoms with Crippen LogP contribution in [0.5, 0.6) is 6.01 Å². The summed E-state index contributed by atoms with van der Waals surface area (Å²) < 4.78 is 5.86. The van der Waals surface area contributed by atoms with Crippen LogP contribution in [0.3, 0.4) is 0 Å². The van der Waals surface area contributed by atoms with Crippen LogP contribution < -0.4 is 4.74 Å². The van der Waals surface area contributed by atoms with Gasteiger partial charge in [0, 0.05) is 12.4 Å². The van der Waals surface area contributed by atoms with Crippen molar-refractivity contribution in [1.29, 1.82) is 0 Å². The van der Waals surface area contributed by atoms with Crippen LogP contribution in [0.1, 0.15) is 30.1 Å². The predicted octanol–water partition coefficient (Wildman–Crippen LogP) is 2.93. The Morgan fingerprint density at radius 1 is 1.06 bits per heavy atom. The molecule has 0 fully saturated rings. The molecule has 1 aromatic carbocycles. The van der Waals surface area contributed by atoms with E-state index in [1.54, 1.807) is 18.5 Å². The predicted molar refractivity (Wildman–Crippen MR) is 64.8 cm³/mol. The van der Waals surface area contributed by atoms with Crippen molar-refractivity contribution in [1.82, 2.24) is 9.97 Å². The van der Waals surface area contributed by atoms with Crippen LogP contribution in [0.25, 0.3) is 0 Å². The number of hydrogen-bond donors (Lipinski definition) is 0. The maximum absolute atomic E-state index is 5.86. The first-order valence-corrected chi connectivity index (χ1v) is 5.95. The monoisotopic (exact) mass is 226 g/mol. The topological polar surface area (TPSA) is 35.0 Å². The molecule has 0 N–H and O–H groups in total. The van der Waals surface area contributed by atoms with Crippen LogP contribution in [0.4, 0.5) is 0 Å². The van der Waals surface area contributed by atoms with E-state index in [1.165, 1.54) is 11.1 Å². The molecule has 1 aromatic heterocycles. The molecule has 0 aliphatic heterocycles. The lowest BCUT2D eigenvalue weighted by atomic mass is 9.89. The number of aryl methyl sites for hydroxylation is 1. The summed E-state index contributed by atoms with van der Waals surface area (Å²) in [4.78, 5) is 8.22. The summed E-state index contributed by atoms with van der Waals surface area (Å²) in [5.41, 5.74) is 2.67. The van der Waals surface area contributed by atoms with Gasteiger partial charge in [0.2, 0.25) is 0 Å². The first kappa shape index (κ1) is 10.3. The molecule has 0 amide bonds. The minimum Gasteiger partial charge on any atom is -0.455 e. The minimum atomic E-state index is 0.0994. The molecule has 0 bridgehead atoms. The summed E-state index contributed by atoms with van der Waals surface area (Å²) >= 11 is 0. The van der Waals surface area contributed by atoms with Crippen LogP contribution in [-0.2, 0) is 6.42 Å². The lowest BCUT2D eigenvalue weighted by molar-refractivity contribution is 0.167. The lowest BCUT2D eigenvalue weighted by Gasteiger charge is -2.25. The Balaban J connectivity index is 1.86. The number of fused-ring (bicyclic) bond motifs is 1. The van der Waals surface area contributed by atoms with Gasteiger partial charge in [0.05, 0.1) is 0 Å². The number of nitrogens with zero attached hydrogens (tertiary/aromatic N) is 2. The second kappa shape index (κ2) is 4.53. The number of rotatable bonds is 2. The molecule has 1 heterocycles. The van der Waals surface area contributed by atoms with Gasteiger partial charge in [-0.3, -0.25) is 0 Å². The fourth-order valence-corrected chi connectivity index (χ4v) is 2.31. The van der Waals surface area contributed by atoms with Crippen molar-refractivity contribution in [3.8, 4) is 6.01 Å². The molecule has 86 valence electrons. The van der Waals surface area contributed by atoms with Crippen LogP contribution >= 0.6 is 0 Å². The zero-order chi connectivity index (χ0) is 11.5. The smallest absolute Gasteiger partial charge is 0.316 e. The number of benzene rings is 1. The molecule has 0 saturated carbocycles. The summed E-state index contributed by atoms with van der Waals surface area (Å²) in [7, 11) is 0. The highest BCUT2D eigenvalue weighted by molar-refractivity contribution is 5.31. The highest BCUT2D eigenvalue weighted by Gasteiger charge is 2.21. The summed E-state index contributed by atoms with van der Waals surface area (Å²) in [6.07, 6.45) is 6.85. The Labute approximate surface area is 100 Å². The molecule has 0 saturated heterocycles. The number of hydrogen-bond acceptors (Lipinski definition) is 3. The van der Waals surface area contributed by atoms with E-state index in [0.717, 1.165) is 19.3 Å². The van der Waals surface area contributed by atoms with Crippen molar-refractivity contribution in [3.05, 3.63) is 53.9 Å². The molecule has 3 rings (SSSR count). The van der Waals surface area contributed by atoms with Gasteiger partial charge in [-0.1, -0.05) is 24.3 Å². The summed E-state index contributed by atoms with van der Waals surface area (Å²) in [5.74, 6) is 0. The largest absolute Gasteiger partial charge is 0.455 e. The van der Waals surface area contributed by atoms with Gasteiger partial charge in [-0.2, -0.15) is 0 Å². The van der Waals surface area contributed by atoms with Crippen molar-refractivity contribution in [2.75, 3.05) is 0 Å². The van der Waals surface area contributed by atoms with Gasteiger partial charge in [0.1, 0.15) is 6.10 Å². The maximum Gasteiger partial charge on any atom is 0.316 e. The van der Waals surface area contributed by atoms with E-state index in [1.807, 2.05) is 0 Å². The standard InChI is InChI=1S/C14H14N2O/c1-2-7-12-11(5-1)6-3-8-13(12)17-14-15-9-4-10-16-14/h1-2,4-5,7,9-10,13H,3,6,8H2. The van der Waals surface area contributed by atoms with Crippen molar-refractivity contribution < 1.29 is 4.74 Å². The Morgan fingerprint density at radius 2 is 1.88 bits per heavy atom. The SMILES string of the molecule is c1cnc(OC2CCCc3ccccc32)nc1. The molecule has 0 spiro atoms. The molecule has 3 heteroatoms. The van der Waals surface area contributed by atoms with E-state index in [-0.39, 0.29) is 6.10 Å². The molecule has 1 aliphatic rings. The van der Waals surface area contributed by atoms with E-state index >= 15 is 0 Å². The Hall–Kier alpha value is -1.90. The van der Waals surface area contributed by atoms with Crippen molar-refractivity contribution in [3.63, 3.8) is 0 Å². The van der Waals surface area contributed by atoms with Crippen molar-refractivity contribution >= 4 is 0 Å². The summed E-state index contributed by atoms with van der Waals surface area (Å²) in [6, 6.07) is 10.7. The third-order valence-corrected chi connectivity index (χ3v) is 3.10. The third kappa shape index (κ3) is 2.13. The normalized spacial score (nSPS) is 18.5. The van der Waals surface area contributed by atoms with Gasteiger partial charge in [0.25, 0.3) is 0 Å². The maximum atomic E-state index is 5.86. The average molecular weight is 226 g/mol. The Kier molecular flexibility index (Phi) is 2.74. The third-order valence-electron chi connectivity index (χ3n) is 3.10. The van der Waals surface area contributed by atoms with Crippen LogP contribution in [0.2, 0.25) is 0 Å². The van der Waals surface area contributed by atoms with Crippen molar-refractivity contribution in [2.24, 2.45) is 0 Å². The molecular weight excluding hydrogens is 212 g/mol. The molecule has 1 aliphatic carbocycles. The van der Waals surface area contributed by atoms with Gasteiger partial charge in [0.15, 0.2) is 0 Å². The summed E-state index contributed by atoms with van der Waals surface area (Å²) in [5, 5.41) is 0. The zero-order valence-corrected chi connectivity index (χ0v) is 9.54. The van der Waals surface area contributed by atoms with E-state index in [4.69, 9.17) is 4.74 Å². The summed E-state index contributed by atoms with van der Waals surface area (Å²) in [6.45, 7) is 0. The lowest BCUT2D eigenvalue weighted by Crippen LogP contribution is -2.16. The molecule has 1 unspecified atom stereocenters. The van der Waals surface area contributed by atoms with Crippen LogP contribution in [-0.4, -0.2) is 9.97 Å². The Bertz CT molecular complexity index is 499. The van der Waals surface area contributed by atoms with E-state index in [9.17, 15) is 0 Å². The second-order valence-electron chi connectivity index (χ2n) is 4.23. The van der Waals surface area contributed by atoms with E-state index in [0.29, 0.717) is 6.01 Å². The first-order chi connectivity index (χ1) is 8.43. The van der Waals surface area contributed by atoms with Crippen molar-refractivity contribution in [2.45, 2.75) is 25.4 Å². The van der Waals surface area contributed by atoms with Gasteiger partial charge in [-0.15, -0.1) is 0 Å². The quantitative estimate of drug-likeness (QED) is 0.789. The Morgan fingerprint density at radius 3 is 2.76 bits per heavy atom. The molecule has 17 heavy (non-hydrogen) atoms. The molecular formula is C14H14N2O. The number of ether oxygens (including phenoxy) is 1. The van der Waals surface area contributed by atoms with Gasteiger partial charge >= 0.3 is 6.01 Å².